The molecule has 2 aromatic carbocycles. The molecule has 4 nitrogen and oxygen atoms in total. The molecule has 1 atom stereocenters. The average molecular weight is 377 g/mol. The normalized spacial score (nSPS) is 22.8. The van der Waals surface area contributed by atoms with Crippen LogP contribution in [-0.4, -0.2) is 35.7 Å². The quantitative estimate of drug-likeness (QED) is 0.749. The van der Waals surface area contributed by atoms with Crippen LogP contribution in [0.5, 0.6) is 0 Å². The molecule has 1 saturated heterocycles. The second-order valence-corrected chi connectivity index (χ2v) is 8.84. The first-order chi connectivity index (χ1) is 13.2. The molecule has 0 unspecified atom stereocenters. The minimum absolute atomic E-state index is 0.0128. The zero-order valence-electron chi connectivity index (χ0n) is 17.4. The topological polar surface area (TPSA) is 38.8 Å². The number of amides is 1. The molecule has 0 radical (unpaired) electrons. The summed E-state index contributed by atoms with van der Waals surface area (Å²) in [4.78, 5) is 15.0. The second kappa shape index (κ2) is 6.75. The van der Waals surface area contributed by atoms with Crippen molar-refractivity contribution in [2.45, 2.75) is 58.3 Å². The number of hydrogen-bond donors (Lipinski definition) is 0. The van der Waals surface area contributed by atoms with E-state index in [2.05, 4.69) is 52.8 Å². The van der Waals surface area contributed by atoms with Crippen LogP contribution in [0, 0.1) is 0 Å². The molecule has 2 aliphatic rings. The molecular formula is C23H28BNO3. The number of fused-ring (bicyclic) bond motifs is 1. The number of hydrogen-bond acceptors (Lipinski definition) is 3. The molecule has 2 aromatic rings. The van der Waals surface area contributed by atoms with Crippen molar-refractivity contribution in [3.8, 4) is 0 Å². The minimum atomic E-state index is -0.386. The van der Waals surface area contributed by atoms with Crippen LogP contribution in [0.1, 0.15) is 62.1 Å². The summed E-state index contributed by atoms with van der Waals surface area (Å²) in [5.41, 5.74) is 3.49. The Morgan fingerprint density at radius 3 is 2.32 bits per heavy atom. The van der Waals surface area contributed by atoms with Crippen molar-refractivity contribution in [1.29, 1.82) is 0 Å². The van der Waals surface area contributed by atoms with Gasteiger partial charge in [-0.05, 0) is 69.8 Å². The van der Waals surface area contributed by atoms with E-state index >= 15 is 0 Å². The Morgan fingerprint density at radius 1 is 1.04 bits per heavy atom. The maximum absolute atomic E-state index is 13.0. The Bertz CT molecular complexity index is 878. The van der Waals surface area contributed by atoms with Gasteiger partial charge in [-0.25, -0.2) is 0 Å². The summed E-state index contributed by atoms with van der Waals surface area (Å²) in [6.07, 6.45) is 0.863. The van der Waals surface area contributed by atoms with Crippen molar-refractivity contribution < 1.29 is 14.1 Å². The number of benzene rings is 2. The van der Waals surface area contributed by atoms with Crippen molar-refractivity contribution in [3.05, 3.63) is 65.2 Å². The maximum atomic E-state index is 13.0. The molecule has 5 heteroatoms. The second-order valence-electron chi connectivity index (χ2n) is 8.84. The van der Waals surface area contributed by atoms with Gasteiger partial charge >= 0.3 is 7.12 Å². The summed E-state index contributed by atoms with van der Waals surface area (Å²) >= 11 is 0. The van der Waals surface area contributed by atoms with Gasteiger partial charge in [-0.3, -0.25) is 4.79 Å². The van der Waals surface area contributed by atoms with Gasteiger partial charge in [0.1, 0.15) is 0 Å². The van der Waals surface area contributed by atoms with E-state index in [-0.39, 0.29) is 30.3 Å². The van der Waals surface area contributed by atoms with Gasteiger partial charge in [-0.15, -0.1) is 0 Å². The Labute approximate surface area is 168 Å². The molecule has 0 bridgehead atoms. The summed E-state index contributed by atoms with van der Waals surface area (Å²) in [5, 5.41) is 0. The van der Waals surface area contributed by atoms with E-state index in [4.69, 9.17) is 9.31 Å². The molecule has 2 aliphatic heterocycles. The smallest absolute Gasteiger partial charge is 0.399 e. The highest BCUT2D eigenvalue weighted by Gasteiger charge is 2.51. The van der Waals surface area contributed by atoms with Crippen molar-refractivity contribution >= 4 is 18.5 Å². The molecule has 0 saturated carbocycles. The van der Waals surface area contributed by atoms with Crippen molar-refractivity contribution in [2.24, 2.45) is 0 Å². The van der Waals surface area contributed by atoms with E-state index in [0.717, 1.165) is 24.0 Å². The van der Waals surface area contributed by atoms with Gasteiger partial charge in [-0.2, -0.15) is 0 Å². The lowest BCUT2D eigenvalue weighted by molar-refractivity contribution is 0.00578. The third-order valence-electron chi connectivity index (χ3n) is 6.52. The number of carbonyl (C=O) groups excluding carboxylic acids is 1. The van der Waals surface area contributed by atoms with E-state index in [1.165, 1.54) is 11.1 Å². The Balaban J connectivity index is 1.61. The van der Waals surface area contributed by atoms with Gasteiger partial charge in [0.25, 0.3) is 5.91 Å². The average Bonchev–Trinajstić information content (AvgIpc) is 2.89. The lowest BCUT2D eigenvalue weighted by atomic mass is 9.76. The minimum Gasteiger partial charge on any atom is -0.399 e. The van der Waals surface area contributed by atoms with E-state index < -0.39 is 0 Å². The van der Waals surface area contributed by atoms with Crippen LogP contribution < -0.4 is 5.46 Å². The van der Waals surface area contributed by atoms with Crippen molar-refractivity contribution in [1.82, 2.24) is 4.90 Å². The monoisotopic (exact) mass is 377 g/mol. The highest BCUT2D eigenvalue weighted by Crippen LogP contribution is 2.37. The van der Waals surface area contributed by atoms with Gasteiger partial charge in [-0.1, -0.05) is 36.4 Å². The molecule has 0 spiro atoms. The molecule has 0 aliphatic carbocycles. The summed E-state index contributed by atoms with van der Waals surface area (Å²) in [5.74, 6) is 0.0831. The summed E-state index contributed by atoms with van der Waals surface area (Å²) in [6, 6.07) is 15.9. The highest BCUT2D eigenvalue weighted by atomic mass is 16.7. The predicted molar refractivity (Wildman–Crippen MR) is 112 cm³/mol. The van der Waals surface area contributed by atoms with Crippen LogP contribution in [0.15, 0.2) is 48.5 Å². The van der Waals surface area contributed by atoms with Gasteiger partial charge in [0.2, 0.25) is 0 Å². The highest BCUT2D eigenvalue weighted by molar-refractivity contribution is 6.62. The van der Waals surface area contributed by atoms with Gasteiger partial charge in [0, 0.05) is 12.1 Å². The first-order valence-corrected chi connectivity index (χ1v) is 10.0. The van der Waals surface area contributed by atoms with Gasteiger partial charge in [0.15, 0.2) is 0 Å². The van der Waals surface area contributed by atoms with Crippen LogP contribution in [0.3, 0.4) is 0 Å². The fraction of sp³-hybridized carbons (Fsp3) is 0.435. The van der Waals surface area contributed by atoms with Crippen LogP contribution >= 0.6 is 0 Å². The maximum Gasteiger partial charge on any atom is 0.494 e. The first kappa shape index (κ1) is 19.2. The molecule has 0 aromatic heterocycles. The molecule has 28 heavy (non-hydrogen) atoms. The first-order valence-electron chi connectivity index (χ1n) is 10.0. The third kappa shape index (κ3) is 3.17. The van der Waals surface area contributed by atoms with E-state index in [1.54, 1.807) is 0 Å². The van der Waals surface area contributed by atoms with E-state index in [1.807, 2.05) is 35.2 Å². The van der Waals surface area contributed by atoms with Gasteiger partial charge < -0.3 is 14.2 Å². The molecule has 146 valence electrons. The lowest BCUT2D eigenvalue weighted by Gasteiger charge is -2.35. The van der Waals surface area contributed by atoms with Crippen molar-refractivity contribution in [2.75, 3.05) is 6.54 Å². The molecule has 1 amide bonds. The van der Waals surface area contributed by atoms with E-state index in [9.17, 15) is 4.79 Å². The fourth-order valence-electron chi connectivity index (χ4n) is 3.98. The number of nitrogens with zero attached hydrogens (tertiary/aromatic N) is 1. The SMILES string of the molecule is C[C@H]1c2cc(B3OC(C)(C)C(C)(C)O3)ccc2CCN1C(=O)c1ccccc1. The Kier molecular flexibility index (Phi) is 4.63. The summed E-state index contributed by atoms with van der Waals surface area (Å²) < 4.78 is 12.4. The molecular weight excluding hydrogens is 349 g/mol. The molecule has 2 heterocycles. The number of rotatable bonds is 2. The standard InChI is InChI=1S/C23H28BNO3/c1-16-20-15-19(24-27-22(2,3)23(4,5)28-24)12-11-17(20)13-14-25(16)21(26)18-9-7-6-8-10-18/h6-12,15-16H,13-14H2,1-5H3/t16-/m0/s1. The molecule has 1 fully saturated rings. The number of carbonyl (C=O) groups is 1. The van der Waals surface area contributed by atoms with Crippen LogP contribution in [0.4, 0.5) is 0 Å². The van der Waals surface area contributed by atoms with Crippen molar-refractivity contribution in [3.63, 3.8) is 0 Å². The van der Waals surface area contributed by atoms with Crippen LogP contribution in [0.2, 0.25) is 0 Å². The Hall–Kier alpha value is -2.11. The summed E-state index contributed by atoms with van der Waals surface area (Å²) in [7, 11) is -0.386. The summed E-state index contributed by atoms with van der Waals surface area (Å²) in [6.45, 7) is 11.1. The zero-order chi connectivity index (χ0) is 20.1. The largest absolute Gasteiger partial charge is 0.494 e. The Morgan fingerprint density at radius 2 is 1.68 bits per heavy atom. The lowest BCUT2D eigenvalue weighted by Crippen LogP contribution is -2.41. The molecule has 0 N–H and O–H groups in total. The predicted octanol–water partition coefficient (Wildman–Crippen LogP) is 3.75. The third-order valence-corrected chi connectivity index (χ3v) is 6.52. The van der Waals surface area contributed by atoms with Crippen LogP contribution in [0.25, 0.3) is 0 Å². The van der Waals surface area contributed by atoms with Gasteiger partial charge in [0.05, 0.1) is 17.2 Å². The van der Waals surface area contributed by atoms with E-state index in [0.29, 0.717) is 0 Å². The van der Waals surface area contributed by atoms with Crippen LogP contribution in [-0.2, 0) is 15.7 Å². The molecule has 4 rings (SSSR count). The zero-order valence-corrected chi connectivity index (χ0v) is 17.4. The fourth-order valence-corrected chi connectivity index (χ4v) is 3.98.